The number of nitrogens with zero attached hydrogens (tertiary/aromatic N) is 5. The number of para-hydroxylation sites is 3. The van der Waals surface area contributed by atoms with Crippen LogP contribution in [0.4, 0.5) is 0 Å². The van der Waals surface area contributed by atoms with Crippen LogP contribution in [0.3, 0.4) is 0 Å². The first-order valence-corrected chi connectivity index (χ1v) is 21.7. The number of benzene rings is 10. The lowest BCUT2D eigenvalue weighted by Gasteiger charge is -2.17. The minimum absolute atomic E-state index is 0.604. The monoisotopic (exact) mass is 815 g/mol. The summed E-state index contributed by atoms with van der Waals surface area (Å²) >= 11 is 0. The SMILES string of the molecule is c1ccc(-c2cccc(-c3nc(-c4c(-n5c6ccccc6c6cc7ccccc7cc65)ccc5ccccc45)nc(-c4cccc5c4c4ccccc4n5-c4ccccc4)n3)c2)cc1. The molecule has 5 nitrogen and oxygen atoms in total. The van der Waals surface area contributed by atoms with E-state index in [4.69, 9.17) is 15.0 Å². The van der Waals surface area contributed by atoms with Gasteiger partial charge >= 0.3 is 0 Å². The molecule has 0 saturated heterocycles. The zero-order chi connectivity index (χ0) is 42.1. The second-order valence-corrected chi connectivity index (χ2v) is 16.4. The van der Waals surface area contributed by atoms with Crippen molar-refractivity contribution in [3.63, 3.8) is 0 Å². The molecule has 0 atom stereocenters. The van der Waals surface area contributed by atoms with Gasteiger partial charge in [-0.3, -0.25) is 0 Å². The van der Waals surface area contributed by atoms with Crippen LogP contribution in [0.25, 0.3) is 122 Å². The molecule has 3 heterocycles. The number of aromatic nitrogens is 5. The van der Waals surface area contributed by atoms with E-state index in [-0.39, 0.29) is 0 Å². The summed E-state index contributed by atoms with van der Waals surface area (Å²) in [6.07, 6.45) is 0. The van der Waals surface area contributed by atoms with Gasteiger partial charge in [-0.25, -0.2) is 15.0 Å². The smallest absolute Gasteiger partial charge is 0.166 e. The van der Waals surface area contributed by atoms with Crippen molar-refractivity contribution in [3.8, 4) is 56.7 Å². The first-order chi connectivity index (χ1) is 31.7. The van der Waals surface area contributed by atoms with E-state index in [0.717, 1.165) is 82.8 Å². The Morgan fingerprint density at radius 2 is 0.875 bits per heavy atom. The third-order valence-electron chi connectivity index (χ3n) is 12.7. The van der Waals surface area contributed by atoms with Crippen molar-refractivity contribution in [1.29, 1.82) is 0 Å². The first-order valence-electron chi connectivity index (χ1n) is 21.7. The molecule has 0 aliphatic heterocycles. The Bertz CT molecular complexity index is 3960. The fourth-order valence-corrected chi connectivity index (χ4v) is 9.86. The molecular formula is C59H37N5. The van der Waals surface area contributed by atoms with Crippen molar-refractivity contribution in [2.75, 3.05) is 0 Å². The van der Waals surface area contributed by atoms with Gasteiger partial charge in [-0.1, -0.05) is 170 Å². The molecule has 0 unspecified atom stereocenters. The maximum atomic E-state index is 5.60. The molecule has 13 rings (SSSR count). The standard InChI is InChI=1S/C59H37N5/c1-3-17-38(18-4-1)40-22-15-23-43(35-40)57-60-58(48-29-16-32-52-55(48)47-28-12-14-31-51(47)63(52)44-24-5-2-6-25-44)62-59(61-57)56-45-26-10-9-19-39(45)33-34-53(56)64-50-30-13-11-27-46(50)49-36-41-20-7-8-21-42(41)37-54(49)64/h1-37H. The average Bonchev–Trinajstić information content (AvgIpc) is 3.88. The van der Waals surface area contributed by atoms with Crippen LogP contribution in [0.2, 0.25) is 0 Å². The Balaban J connectivity index is 1.14. The van der Waals surface area contributed by atoms with Gasteiger partial charge in [0.1, 0.15) is 0 Å². The highest BCUT2D eigenvalue weighted by Crippen LogP contribution is 2.43. The van der Waals surface area contributed by atoms with Crippen LogP contribution < -0.4 is 0 Å². The zero-order valence-electron chi connectivity index (χ0n) is 34.6. The highest BCUT2D eigenvalue weighted by atomic mass is 15.1. The van der Waals surface area contributed by atoms with Gasteiger partial charge in [-0.15, -0.1) is 0 Å². The van der Waals surface area contributed by atoms with Crippen molar-refractivity contribution in [1.82, 2.24) is 24.1 Å². The van der Waals surface area contributed by atoms with E-state index < -0.39 is 0 Å². The predicted molar refractivity (Wildman–Crippen MR) is 265 cm³/mol. The summed E-state index contributed by atoms with van der Waals surface area (Å²) in [7, 11) is 0. The van der Waals surface area contributed by atoms with Crippen LogP contribution in [-0.2, 0) is 0 Å². The summed E-state index contributed by atoms with van der Waals surface area (Å²) in [5, 5.41) is 9.19. The Labute approximate surface area is 368 Å². The van der Waals surface area contributed by atoms with Crippen molar-refractivity contribution in [3.05, 3.63) is 224 Å². The molecule has 298 valence electrons. The van der Waals surface area contributed by atoms with Gasteiger partial charge in [-0.05, 0) is 87.3 Å². The molecule has 0 aliphatic rings. The van der Waals surface area contributed by atoms with Crippen molar-refractivity contribution >= 4 is 65.2 Å². The molecule has 64 heavy (non-hydrogen) atoms. The van der Waals surface area contributed by atoms with Crippen LogP contribution in [0, 0.1) is 0 Å². The number of fused-ring (bicyclic) bond motifs is 8. The largest absolute Gasteiger partial charge is 0.309 e. The van der Waals surface area contributed by atoms with Gasteiger partial charge in [0.25, 0.3) is 0 Å². The number of rotatable bonds is 6. The lowest BCUT2D eigenvalue weighted by Crippen LogP contribution is -2.04. The highest BCUT2D eigenvalue weighted by Gasteiger charge is 2.24. The minimum atomic E-state index is 0.604. The van der Waals surface area contributed by atoms with Gasteiger partial charge in [-0.2, -0.15) is 0 Å². The van der Waals surface area contributed by atoms with Crippen LogP contribution in [0.15, 0.2) is 224 Å². The van der Waals surface area contributed by atoms with E-state index in [0.29, 0.717) is 17.5 Å². The fourth-order valence-electron chi connectivity index (χ4n) is 9.86. The molecule has 0 bridgehead atoms. The van der Waals surface area contributed by atoms with Crippen LogP contribution in [-0.4, -0.2) is 24.1 Å². The van der Waals surface area contributed by atoms with E-state index in [9.17, 15) is 0 Å². The Kier molecular flexibility index (Phi) is 8.15. The van der Waals surface area contributed by atoms with Crippen molar-refractivity contribution in [2.24, 2.45) is 0 Å². The molecule has 0 spiro atoms. The van der Waals surface area contributed by atoms with Gasteiger partial charge in [0.05, 0.1) is 33.3 Å². The maximum Gasteiger partial charge on any atom is 0.166 e. The Morgan fingerprint density at radius 3 is 1.69 bits per heavy atom. The zero-order valence-corrected chi connectivity index (χ0v) is 34.6. The van der Waals surface area contributed by atoms with Crippen molar-refractivity contribution < 1.29 is 0 Å². The van der Waals surface area contributed by atoms with E-state index in [2.05, 4.69) is 234 Å². The number of hydrogen-bond donors (Lipinski definition) is 0. The molecule has 0 saturated carbocycles. The first kappa shape index (κ1) is 36.0. The van der Waals surface area contributed by atoms with E-state index in [1.807, 2.05) is 0 Å². The molecule has 13 aromatic rings. The molecule has 5 heteroatoms. The Hall–Kier alpha value is -8.67. The molecule has 0 aliphatic carbocycles. The third kappa shape index (κ3) is 5.68. The quantitative estimate of drug-likeness (QED) is 0.168. The minimum Gasteiger partial charge on any atom is -0.309 e. The van der Waals surface area contributed by atoms with E-state index in [1.54, 1.807) is 0 Å². The van der Waals surface area contributed by atoms with E-state index >= 15 is 0 Å². The lowest BCUT2D eigenvalue weighted by atomic mass is 10.00. The van der Waals surface area contributed by atoms with Gasteiger partial charge in [0.2, 0.25) is 0 Å². The fraction of sp³-hybridized carbons (Fsp3) is 0. The van der Waals surface area contributed by atoms with Crippen molar-refractivity contribution in [2.45, 2.75) is 0 Å². The molecular weight excluding hydrogens is 779 g/mol. The van der Waals surface area contributed by atoms with Crippen LogP contribution in [0.5, 0.6) is 0 Å². The summed E-state index contributed by atoms with van der Waals surface area (Å²) in [4.78, 5) is 16.6. The summed E-state index contributed by atoms with van der Waals surface area (Å²) in [5.74, 6) is 1.82. The van der Waals surface area contributed by atoms with Crippen LogP contribution in [0.1, 0.15) is 0 Å². The molecule has 0 fully saturated rings. The molecule has 10 aromatic carbocycles. The topological polar surface area (TPSA) is 48.5 Å². The van der Waals surface area contributed by atoms with E-state index in [1.165, 1.54) is 21.5 Å². The normalized spacial score (nSPS) is 11.8. The summed E-state index contributed by atoms with van der Waals surface area (Å²) in [5.41, 5.74) is 11.6. The van der Waals surface area contributed by atoms with Crippen LogP contribution >= 0.6 is 0 Å². The molecule has 0 N–H and O–H groups in total. The predicted octanol–water partition coefficient (Wildman–Crippen LogP) is 15.0. The summed E-state index contributed by atoms with van der Waals surface area (Å²) in [6, 6.07) is 79.8. The molecule has 3 aromatic heterocycles. The number of hydrogen-bond acceptors (Lipinski definition) is 3. The van der Waals surface area contributed by atoms with Gasteiger partial charge < -0.3 is 9.13 Å². The second kappa shape index (κ2) is 14.5. The van der Waals surface area contributed by atoms with Gasteiger partial charge in [0.15, 0.2) is 17.5 Å². The summed E-state index contributed by atoms with van der Waals surface area (Å²) in [6.45, 7) is 0. The second-order valence-electron chi connectivity index (χ2n) is 16.4. The summed E-state index contributed by atoms with van der Waals surface area (Å²) < 4.78 is 4.75. The molecule has 0 radical (unpaired) electrons. The molecule has 0 amide bonds. The third-order valence-corrected chi connectivity index (χ3v) is 12.7. The highest BCUT2D eigenvalue weighted by molar-refractivity contribution is 6.16. The average molecular weight is 816 g/mol. The Morgan fingerprint density at radius 1 is 0.297 bits per heavy atom. The van der Waals surface area contributed by atoms with Gasteiger partial charge in [0, 0.05) is 38.4 Å². The lowest BCUT2D eigenvalue weighted by molar-refractivity contribution is 1.07. The maximum absolute atomic E-state index is 5.60.